The molecule has 27 heavy (non-hydrogen) atoms. The lowest BCUT2D eigenvalue weighted by Gasteiger charge is -2.12. The van der Waals surface area contributed by atoms with Crippen molar-refractivity contribution in [1.82, 2.24) is 0 Å². The molecule has 0 aliphatic carbocycles. The molecule has 0 atom stereocenters. The average Bonchev–Trinajstić information content (AvgIpc) is 2.69. The lowest BCUT2D eigenvalue weighted by Crippen LogP contribution is -2.08. The van der Waals surface area contributed by atoms with Crippen LogP contribution >= 0.6 is 0 Å². The van der Waals surface area contributed by atoms with E-state index in [1.165, 1.54) is 18.4 Å². The molecule has 0 aliphatic rings. The maximum atomic E-state index is 5.18. The fraction of sp³-hybridized carbons (Fsp3) is 0.333. The van der Waals surface area contributed by atoms with E-state index in [1.54, 1.807) is 20.4 Å². The van der Waals surface area contributed by atoms with Crippen LogP contribution in [-0.4, -0.2) is 47.4 Å². The largest absolute Gasteiger partial charge is 0.496 e. The van der Waals surface area contributed by atoms with E-state index in [0.29, 0.717) is 0 Å². The van der Waals surface area contributed by atoms with Gasteiger partial charge in [0.05, 0.1) is 12.8 Å². The summed E-state index contributed by atoms with van der Waals surface area (Å²) in [6.45, 7) is 1.88. The van der Waals surface area contributed by atoms with Crippen LogP contribution in [0.4, 0.5) is 5.69 Å². The minimum atomic E-state index is 0.806. The molecule has 0 radical (unpaired) electrons. The van der Waals surface area contributed by atoms with E-state index in [0.717, 1.165) is 23.4 Å². The Morgan fingerprint density at radius 2 is 1.63 bits per heavy atom. The Kier molecular flexibility index (Phi) is 10.1. The van der Waals surface area contributed by atoms with Crippen molar-refractivity contribution < 1.29 is 14.4 Å². The van der Waals surface area contributed by atoms with Crippen molar-refractivity contribution in [2.75, 3.05) is 40.3 Å². The van der Waals surface area contributed by atoms with Crippen LogP contribution in [0.15, 0.2) is 58.8 Å². The van der Waals surface area contributed by atoms with E-state index in [-0.39, 0.29) is 0 Å². The van der Waals surface area contributed by atoms with Gasteiger partial charge in [0.25, 0.3) is 0 Å². The van der Waals surface area contributed by atoms with Gasteiger partial charge >= 0.3 is 0 Å². The molecule has 6 heteroatoms. The number of methoxy groups -OCH3 is 1. The molecule has 6 nitrogen and oxygen atoms in total. The summed E-state index contributed by atoms with van der Waals surface area (Å²) < 4.78 is 5.18. The predicted molar refractivity (Wildman–Crippen MR) is 112 cm³/mol. The molecule has 0 aliphatic heterocycles. The van der Waals surface area contributed by atoms with E-state index in [1.807, 2.05) is 45.3 Å². The summed E-state index contributed by atoms with van der Waals surface area (Å²) in [6.07, 6.45) is 2.56. The SMILES string of the molecule is CON=C(C)c1ccccc1OC.CON=CCc1ccc(N(C)C)cc1. The van der Waals surface area contributed by atoms with Crippen molar-refractivity contribution in [3.63, 3.8) is 0 Å². The van der Waals surface area contributed by atoms with Gasteiger partial charge in [0.2, 0.25) is 0 Å². The predicted octanol–water partition coefficient (Wildman–Crippen LogP) is 3.99. The van der Waals surface area contributed by atoms with Gasteiger partial charge < -0.3 is 19.3 Å². The van der Waals surface area contributed by atoms with Gasteiger partial charge in [0, 0.05) is 38.0 Å². The summed E-state index contributed by atoms with van der Waals surface area (Å²) in [6, 6.07) is 16.1. The first-order valence-electron chi connectivity index (χ1n) is 8.55. The Hall–Kier alpha value is -3.02. The molecule has 0 bridgehead atoms. The first-order valence-corrected chi connectivity index (χ1v) is 8.55. The molecule has 0 fully saturated rings. The highest BCUT2D eigenvalue weighted by molar-refractivity contribution is 6.00. The number of nitrogens with zero attached hydrogens (tertiary/aromatic N) is 3. The molecule has 0 heterocycles. The van der Waals surface area contributed by atoms with Crippen LogP contribution in [-0.2, 0) is 16.1 Å². The number of ether oxygens (including phenoxy) is 1. The molecule has 2 aromatic carbocycles. The summed E-state index contributed by atoms with van der Waals surface area (Å²) in [7, 11) is 8.77. The van der Waals surface area contributed by atoms with Crippen molar-refractivity contribution in [3.8, 4) is 5.75 Å². The number of hydrogen-bond donors (Lipinski definition) is 0. The number of hydrogen-bond acceptors (Lipinski definition) is 6. The fourth-order valence-corrected chi connectivity index (χ4v) is 2.28. The van der Waals surface area contributed by atoms with Crippen LogP contribution in [0.1, 0.15) is 18.1 Å². The Bertz CT molecular complexity index is 726. The second-order valence-electron chi connectivity index (χ2n) is 5.80. The molecule has 0 amide bonds. The van der Waals surface area contributed by atoms with Gasteiger partial charge in [0.15, 0.2) is 0 Å². The number of oxime groups is 2. The van der Waals surface area contributed by atoms with Crippen molar-refractivity contribution in [2.24, 2.45) is 10.3 Å². The van der Waals surface area contributed by atoms with Crippen LogP contribution in [0, 0.1) is 0 Å². The van der Waals surface area contributed by atoms with E-state index >= 15 is 0 Å². The number of benzene rings is 2. The molecule has 0 saturated carbocycles. The van der Waals surface area contributed by atoms with Gasteiger partial charge in [-0.2, -0.15) is 0 Å². The molecule has 0 saturated heterocycles. The zero-order valence-corrected chi connectivity index (χ0v) is 17.0. The quantitative estimate of drug-likeness (QED) is 0.545. The van der Waals surface area contributed by atoms with Gasteiger partial charge in [-0.3, -0.25) is 0 Å². The van der Waals surface area contributed by atoms with Gasteiger partial charge in [-0.05, 0) is 36.8 Å². The maximum Gasteiger partial charge on any atom is 0.128 e. The molecule has 2 aromatic rings. The topological polar surface area (TPSA) is 55.6 Å². The molecular formula is C21H29N3O3. The normalized spacial score (nSPS) is 10.8. The molecular weight excluding hydrogens is 342 g/mol. The standard InChI is InChI=1S/C11H16N2O.C10H13NO2/c1-13(2)11-6-4-10(5-7-11)8-9-12-14-3;1-8(11-13-3)9-6-4-5-7-10(9)12-2/h4-7,9H,8H2,1-3H3;4-7H,1-3H3. The highest BCUT2D eigenvalue weighted by Crippen LogP contribution is 2.18. The average molecular weight is 371 g/mol. The van der Waals surface area contributed by atoms with Crippen molar-refractivity contribution in [1.29, 1.82) is 0 Å². The molecule has 0 unspecified atom stereocenters. The number of anilines is 1. The van der Waals surface area contributed by atoms with Crippen LogP contribution in [0.5, 0.6) is 5.75 Å². The second-order valence-corrected chi connectivity index (χ2v) is 5.80. The van der Waals surface area contributed by atoms with Gasteiger partial charge in [-0.25, -0.2) is 0 Å². The smallest absolute Gasteiger partial charge is 0.128 e. The first kappa shape index (κ1) is 22.0. The highest BCUT2D eigenvalue weighted by atomic mass is 16.6. The van der Waals surface area contributed by atoms with Gasteiger partial charge in [0.1, 0.15) is 20.0 Å². The third-order valence-corrected chi connectivity index (χ3v) is 3.68. The van der Waals surface area contributed by atoms with Crippen LogP contribution in [0.3, 0.4) is 0 Å². The molecule has 146 valence electrons. The van der Waals surface area contributed by atoms with E-state index in [2.05, 4.69) is 49.2 Å². The molecule has 0 spiro atoms. The minimum absolute atomic E-state index is 0.806. The van der Waals surface area contributed by atoms with Crippen LogP contribution < -0.4 is 9.64 Å². The van der Waals surface area contributed by atoms with E-state index < -0.39 is 0 Å². The van der Waals surface area contributed by atoms with Gasteiger partial charge in [-0.15, -0.1) is 0 Å². The fourth-order valence-electron chi connectivity index (χ4n) is 2.28. The Balaban J connectivity index is 0.000000271. The van der Waals surface area contributed by atoms with E-state index in [4.69, 9.17) is 4.74 Å². The molecule has 0 aromatic heterocycles. The highest BCUT2D eigenvalue weighted by Gasteiger charge is 2.04. The summed E-state index contributed by atoms with van der Waals surface area (Å²) in [5.41, 5.74) is 4.20. The van der Waals surface area contributed by atoms with Gasteiger partial charge in [-0.1, -0.05) is 34.6 Å². The van der Waals surface area contributed by atoms with Crippen molar-refractivity contribution in [3.05, 3.63) is 59.7 Å². The van der Waals surface area contributed by atoms with Crippen LogP contribution in [0.25, 0.3) is 0 Å². The summed E-state index contributed by atoms with van der Waals surface area (Å²) in [5.74, 6) is 0.806. The zero-order chi connectivity index (χ0) is 20.1. The maximum absolute atomic E-state index is 5.18. The third kappa shape index (κ3) is 7.81. The third-order valence-electron chi connectivity index (χ3n) is 3.68. The summed E-state index contributed by atoms with van der Waals surface area (Å²) in [4.78, 5) is 11.4. The van der Waals surface area contributed by atoms with Crippen molar-refractivity contribution in [2.45, 2.75) is 13.3 Å². The van der Waals surface area contributed by atoms with Crippen LogP contribution in [0.2, 0.25) is 0 Å². The zero-order valence-electron chi connectivity index (χ0n) is 17.0. The molecule has 0 N–H and O–H groups in total. The first-order chi connectivity index (χ1) is 13.0. The summed E-state index contributed by atoms with van der Waals surface area (Å²) in [5, 5.41) is 7.53. The number of para-hydroxylation sites is 1. The Morgan fingerprint density at radius 3 is 2.19 bits per heavy atom. The Labute approximate surface area is 162 Å². The lowest BCUT2D eigenvalue weighted by molar-refractivity contribution is 0.213. The number of rotatable bonds is 7. The summed E-state index contributed by atoms with van der Waals surface area (Å²) >= 11 is 0. The monoisotopic (exact) mass is 371 g/mol. The van der Waals surface area contributed by atoms with Crippen molar-refractivity contribution >= 4 is 17.6 Å². The lowest BCUT2D eigenvalue weighted by atomic mass is 10.1. The molecule has 2 rings (SSSR count). The Morgan fingerprint density at radius 1 is 0.963 bits per heavy atom. The van der Waals surface area contributed by atoms with E-state index in [9.17, 15) is 0 Å². The second kappa shape index (κ2) is 12.4. The minimum Gasteiger partial charge on any atom is -0.496 e.